The van der Waals surface area contributed by atoms with Crippen LogP contribution in [0.4, 0.5) is 0 Å². The molecule has 0 heterocycles. The Kier molecular flexibility index (Phi) is 14.4. The predicted octanol–water partition coefficient (Wildman–Crippen LogP) is 1.64. The topological polar surface area (TPSA) is 17.1 Å². The molecule has 0 aliphatic rings. The van der Waals surface area contributed by atoms with Crippen molar-refractivity contribution in [2.24, 2.45) is 0 Å². The number of ketones is 1. The fourth-order valence-corrected chi connectivity index (χ4v) is 0.118. The second-order valence-electron chi connectivity index (χ2n) is 0.987. The van der Waals surface area contributed by atoms with Gasteiger partial charge in [0.2, 0.25) is 0 Å². The third-order valence-electron chi connectivity index (χ3n) is 0.534. The zero-order valence-electron chi connectivity index (χ0n) is 4.86. The molecule has 0 amide bonds. The van der Waals surface area contributed by atoms with Gasteiger partial charge in [0.1, 0.15) is 0 Å². The van der Waals surface area contributed by atoms with Crippen molar-refractivity contribution >= 4 is 15.5 Å². The number of hydrogen-bond acceptors (Lipinski definition) is 1. The van der Waals surface area contributed by atoms with Gasteiger partial charge in [0.15, 0.2) is 0 Å². The molecule has 0 atom stereocenters. The Bertz CT molecular complexity index is 72.8. The molecule has 0 aliphatic carbocycles. The number of hydrogen-bond donors (Lipinski definition) is 0. The maximum atomic E-state index is 10.0. The maximum absolute atomic E-state index is 10.0. The summed E-state index contributed by atoms with van der Waals surface area (Å²) in [6.07, 6.45) is 1.59. The van der Waals surface area contributed by atoms with Crippen LogP contribution in [0.5, 0.6) is 0 Å². The van der Waals surface area contributed by atoms with E-state index < -0.39 is 0 Å². The van der Waals surface area contributed by atoms with E-state index >= 15 is 0 Å². The van der Waals surface area contributed by atoms with Crippen molar-refractivity contribution in [3.63, 3.8) is 0 Å². The predicted molar refractivity (Wildman–Crippen MR) is 30.0 cm³/mol. The van der Waals surface area contributed by atoms with Crippen LogP contribution in [0.1, 0.15) is 13.3 Å². The molecule has 8 heavy (non-hydrogen) atoms. The van der Waals surface area contributed by atoms with Crippen LogP contribution in [-0.4, -0.2) is 5.78 Å². The molecule has 0 unspecified atom stereocenters. The normalized spacial score (nSPS) is 6.50. The fraction of sp³-hybridized carbons (Fsp3) is 0.400. The number of carbonyl (C=O) groups excluding carboxylic acids is 1. The third-order valence-corrected chi connectivity index (χ3v) is 0.534. The summed E-state index contributed by atoms with van der Waals surface area (Å²) in [6, 6.07) is 0. The van der Waals surface area contributed by atoms with Gasteiger partial charge in [-0.15, -0.1) is 0 Å². The zero-order valence-corrected chi connectivity index (χ0v) is 8.58. The summed E-state index contributed by atoms with van der Waals surface area (Å²) in [7, 11) is 4.76. The van der Waals surface area contributed by atoms with Crippen LogP contribution in [-0.2, 0) is 22.1 Å². The summed E-state index contributed by atoms with van der Waals surface area (Å²) in [5, 5.41) is 0. The zero-order chi connectivity index (χ0) is 6.99. The van der Waals surface area contributed by atoms with Crippen LogP contribution in [0, 0.1) is 6.58 Å². The van der Waals surface area contributed by atoms with E-state index in [1.807, 2.05) is 0 Å². The standard InChI is InChI=1S/C5H7O.ClH.Zn/c1-3-5(6)4-2;;/h1,3H,4H2,2H3;1H;/q-1;;+2/p-1. The minimum absolute atomic E-state index is 0.00463. The van der Waals surface area contributed by atoms with Gasteiger partial charge in [-0.3, -0.25) is 6.58 Å². The Labute approximate surface area is 63.8 Å². The van der Waals surface area contributed by atoms with E-state index in [0.29, 0.717) is 6.42 Å². The average molecular weight is 184 g/mol. The molecule has 3 heteroatoms. The molecule has 0 aromatic heterocycles. The molecule has 0 radical (unpaired) electrons. The second-order valence-corrected chi connectivity index (χ2v) is 0.987. The van der Waals surface area contributed by atoms with E-state index in [4.69, 9.17) is 16.3 Å². The molecular weight excluding hydrogens is 177 g/mol. The van der Waals surface area contributed by atoms with Crippen molar-refractivity contribution in [3.8, 4) is 0 Å². The SMILES string of the molecule is [CH-]=CC(=O)CC.[Cl][Zn+]. The summed E-state index contributed by atoms with van der Waals surface area (Å²) in [5.41, 5.74) is 0. The summed E-state index contributed by atoms with van der Waals surface area (Å²) >= 11 is 0.847. The van der Waals surface area contributed by atoms with Crippen molar-refractivity contribution in [2.75, 3.05) is 0 Å². The molecule has 0 rings (SSSR count). The van der Waals surface area contributed by atoms with E-state index in [1.54, 1.807) is 6.92 Å². The van der Waals surface area contributed by atoms with Gasteiger partial charge < -0.3 is 4.79 Å². The minimum atomic E-state index is -0.00463. The van der Waals surface area contributed by atoms with Gasteiger partial charge in [0.05, 0.1) is 0 Å². The van der Waals surface area contributed by atoms with Crippen molar-refractivity contribution in [2.45, 2.75) is 13.3 Å². The van der Waals surface area contributed by atoms with E-state index in [2.05, 4.69) is 0 Å². The van der Waals surface area contributed by atoms with Gasteiger partial charge in [-0.05, 0) is 5.78 Å². The molecular formula is C5H7ClOZn. The van der Waals surface area contributed by atoms with Gasteiger partial charge in [-0.1, -0.05) is 13.3 Å². The van der Waals surface area contributed by atoms with Gasteiger partial charge >= 0.3 is 27.0 Å². The van der Waals surface area contributed by atoms with Crippen LogP contribution in [0.25, 0.3) is 0 Å². The first-order chi connectivity index (χ1) is 3.81. The molecule has 0 fully saturated rings. The van der Waals surface area contributed by atoms with Gasteiger partial charge in [-0.2, -0.15) is 0 Å². The molecule has 0 spiro atoms. The molecule has 0 aliphatic heterocycles. The summed E-state index contributed by atoms with van der Waals surface area (Å²) in [4.78, 5) is 10.0. The summed E-state index contributed by atoms with van der Waals surface area (Å²) in [6.45, 7) is 6.58. The summed E-state index contributed by atoms with van der Waals surface area (Å²) in [5.74, 6) is -0.00463. The quantitative estimate of drug-likeness (QED) is 0.362. The van der Waals surface area contributed by atoms with E-state index in [1.165, 1.54) is 0 Å². The Hall–Kier alpha value is 0.323. The van der Waals surface area contributed by atoms with Crippen LogP contribution in [0.2, 0.25) is 0 Å². The molecule has 0 aromatic rings. The second kappa shape index (κ2) is 10.3. The monoisotopic (exact) mass is 182 g/mol. The van der Waals surface area contributed by atoms with Crippen LogP contribution < -0.4 is 0 Å². The molecule has 0 N–H and O–H groups in total. The van der Waals surface area contributed by atoms with Gasteiger partial charge in [0.25, 0.3) is 0 Å². The van der Waals surface area contributed by atoms with Crippen molar-refractivity contribution < 1.29 is 22.1 Å². The number of rotatable bonds is 2. The molecule has 0 saturated heterocycles. The summed E-state index contributed by atoms with van der Waals surface area (Å²) < 4.78 is 0. The number of carbonyl (C=O) groups is 1. The van der Waals surface area contributed by atoms with Crippen molar-refractivity contribution in [1.82, 2.24) is 0 Å². The van der Waals surface area contributed by atoms with Crippen molar-refractivity contribution in [3.05, 3.63) is 12.7 Å². The Morgan fingerprint density at radius 1 is 1.88 bits per heavy atom. The molecule has 42 valence electrons. The van der Waals surface area contributed by atoms with E-state index in [9.17, 15) is 4.79 Å². The Morgan fingerprint density at radius 2 is 2.25 bits per heavy atom. The van der Waals surface area contributed by atoms with Crippen LogP contribution >= 0.6 is 9.69 Å². The number of halogens is 1. The first-order valence-electron chi connectivity index (χ1n) is 2.15. The average Bonchev–Trinajstić information content (AvgIpc) is 1.91. The molecule has 0 saturated carbocycles. The molecule has 0 aromatic carbocycles. The van der Waals surface area contributed by atoms with E-state index in [0.717, 1.165) is 23.4 Å². The van der Waals surface area contributed by atoms with Crippen LogP contribution in [0.3, 0.4) is 0 Å². The van der Waals surface area contributed by atoms with Crippen molar-refractivity contribution in [1.29, 1.82) is 0 Å². The number of allylic oxidation sites excluding steroid dienone is 1. The van der Waals surface area contributed by atoms with E-state index in [-0.39, 0.29) is 5.78 Å². The van der Waals surface area contributed by atoms with Gasteiger partial charge in [0, 0.05) is 0 Å². The Balaban J connectivity index is 0. The van der Waals surface area contributed by atoms with Crippen LogP contribution in [0.15, 0.2) is 6.08 Å². The third kappa shape index (κ3) is 9.59. The first kappa shape index (κ1) is 11.2. The first-order valence-corrected chi connectivity index (χ1v) is 6.05. The van der Waals surface area contributed by atoms with Gasteiger partial charge in [-0.25, -0.2) is 6.08 Å². The fourth-order valence-electron chi connectivity index (χ4n) is 0.118. The molecule has 1 nitrogen and oxygen atoms in total. The molecule has 0 bridgehead atoms. The Morgan fingerprint density at radius 3 is 2.25 bits per heavy atom.